The molecule has 0 saturated heterocycles. The minimum absolute atomic E-state index is 0.161. The molecule has 0 saturated carbocycles. The molecule has 0 spiro atoms. The third-order valence-corrected chi connectivity index (χ3v) is 3.75. The van der Waals surface area contributed by atoms with Crippen LogP contribution in [-0.4, -0.2) is 29.4 Å². The van der Waals surface area contributed by atoms with Crippen molar-refractivity contribution in [1.82, 2.24) is 10.3 Å². The number of aromatic nitrogens is 1. The number of pyridine rings is 1. The predicted octanol–water partition coefficient (Wildman–Crippen LogP) is 3.65. The standard InChI is InChI=1S/C12H16Cl2N2OS/c1-18-6-4-2-3-5-15-12(17)9-7-10(13)11(14)16-8-9/h7-8H,2-6H2,1H3,(H,15,17). The molecule has 0 aliphatic carbocycles. The third-order valence-electron chi connectivity index (χ3n) is 2.37. The van der Waals surface area contributed by atoms with Gasteiger partial charge >= 0.3 is 0 Å². The van der Waals surface area contributed by atoms with E-state index in [4.69, 9.17) is 23.2 Å². The number of rotatable bonds is 7. The van der Waals surface area contributed by atoms with Crippen LogP contribution >= 0.6 is 35.0 Å². The topological polar surface area (TPSA) is 42.0 Å². The zero-order chi connectivity index (χ0) is 13.4. The Labute approximate surface area is 122 Å². The van der Waals surface area contributed by atoms with Gasteiger partial charge in [0.2, 0.25) is 0 Å². The highest BCUT2D eigenvalue weighted by atomic mass is 35.5. The first-order valence-electron chi connectivity index (χ1n) is 5.73. The fourth-order valence-corrected chi connectivity index (χ4v) is 2.16. The molecular formula is C12H16Cl2N2OS. The number of nitrogens with one attached hydrogen (secondary N) is 1. The molecule has 1 N–H and O–H groups in total. The molecule has 1 aromatic rings. The van der Waals surface area contributed by atoms with Crippen LogP contribution in [0, 0.1) is 0 Å². The van der Waals surface area contributed by atoms with Crippen LogP contribution in [0.5, 0.6) is 0 Å². The summed E-state index contributed by atoms with van der Waals surface area (Å²) < 4.78 is 0. The Morgan fingerprint density at radius 2 is 2.17 bits per heavy atom. The van der Waals surface area contributed by atoms with E-state index in [-0.39, 0.29) is 11.1 Å². The Kier molecular flexibility index (Phi) is 7.47. The average Bonchev–Trinajstić information content (AvgIpc) is 2.36. The number of carbonyl (C=O) groups is 1. The van der Waals surface area contributed by atoms with Crippen molar-refractivity contribution in [3.05, 3.63) is 28.0 Å². The van der Waals surface area contributed by atoms with Crippen LogP contribution in [-0.2, 0) is 0 Å². The van der Waals surface area contributed by atoms with Crippen LogP contribution in [0.2, 0.25) is 10.2 Å². The van der Waals surface area contributed by atoms with E-state index in [1.165, 1.54) is 24.4 Å². The van der Waals surface area contributed by atoms with Gasteiger partial charge in [-0.05, 0) is 30.9 Å². The summed E-state index contributed by atoms with van der Waals surface area (Å²) >= 11 is 13.3. The van der Waals surface area contributed by atoms with Gasteiger partial charge in [0.25, 0.3) is 5.91 Å². The molecule has 0 aliphatic rings. The van der Waals surface area contributed by atoms with Crippen LogP contribution in [0.25, 0.3) is 0 Å². The zero-order valence-electron chi connectivity index (χ0n) is 10.2. The molecule has 0 radical (unpaired) electrons. The molecule has 3 nitrogen and oxygen atoms in total. The molecule has 1 rings (SSSR count). The van der Waals surface area contributed by atoms with Crippen molar-refractivity contribution in [2.75, 3.05) is 18.6 Å². The summed E-state index contributed by atoms with van der Waals surface area (Å²) in [7, 11) is 0. The molecule has 0 aromatic carbocycles. The van der Waals surface area contributed by atoms with Gasteiger partial charge in [0.1, 0.15) is 5.15 Å². The van der Waals surface area contributed by atoms with Gasteiger partial charge < -0.3 is 5.32 Å². The molecule has 1 amide bonds. The second-order valence-corrected chi connectivity index (χ2v) is 5.56. The monoisotopic (exact) mass is 306 g/mol. The second-order valence-electron chi connectivity index (χ2n) is 3.81. The summed E-state index contributed by atoms with van der Waals surface area (Å²) in [4.78, 5) is 15.6. The van der Waals surface area contributed by atoms with Crippen molar-refractivity contribution in [3.8, 4) is 0 Å². The number of halogens is 2. The van der Waals surface area contributed by atoms with Gasteiger partial charge in [-0.1, -0.05) is 29.6 Å². The number of unbranched alkanes of at least 4 members (excludes halogenated alkanes) is 2. The number of amides is 1. The number of thioether (sulfide) groups is 1. The first kappa shape index (κ1) is 15.6. The lowest BCUT2D eigenvalue weighted by Gasteiger charge is -2.05. The maximum absolute atomic E-state index is 11.7. The Morgan fingerprint density at radius 1 is 1.39 bits per heavy atom. The number of hydrogen-bond donors (Lipinski definition) is 1. The normalized spacial score (nSPS) is 10.4. The summed E-state index contributed by atoms with van der Waals surface area (Å²) in [5.41, 5.74) is 0.438. The van der Waals surface area contributed by atoms with E-state index >= 15 is 0 Å². The summed E-state index contributed by atoms with van der Waals surface area (Å²) in [5.74, 6) is 1.01. The molecular weight excluding hydrogens is 291 g/mol. The molecule has 1 aromatic heterocycles. The first-order valence-corrected chi connectivity index (χ1v) is 7.88. The van der Waals surface area contributed by atoms with E-state index in [9.17, 15) is 4.79 Å². The maximum atomic E-state index is 11.7. The number of carbonyl (C=O) groups excluding carboxylic acids is 1. The van der Waals surface area contributed by atoms with E-state index in [1.54, 1.807) is 0 Å². The molecule has 1 heterocycles. The van der Waals surface area contributed by atoms with Crippen LogP contribution in [0.15, 0.2) is 12.3 Å². The van der Waals surface area contributed by atoms with Crippen LogP contribution in [0.4, 0.5) is 0 Å². The quantitative estimate of drug-likeness (QED) is 0.617. The fraction of sp³-hybridized carbons (Fsp3) is 0.500. The van der Waals surface area contributed by atoms with E-state index < -0.39 is 0 Å². The van der Waals surface area contributed by atoms with Gasteiger partial charge in [-0.25, -0.2) is 4.98 Å². The summed E-state index contributed by atoms with van der Waals surface area (Å²) in [6, 6.07) is 1.53. The van der Waals surface area contributed by atoms with Crippen molar-refractivity contribution in [3.63, 3.8) is 0 Å². The third kappa shape index (κ3) is 5.46. The van der Waals surface area contributed by atoms with E-state index in [0.29, 0.717) is 17.1 Å². The molecule has 0 bridgehead atoms. The van der Waals surface area contributed by atoms with E-state index in [2.05, 4.69) is 16.6 Å². The van der Waals surface area contributed by atoms with Gasteiger partial charge in [-0.2, -0.15) is 11.8 Å². The fourth-order valence-electron chi connectivity index (χ4n) is 1.40. The van der Waals surface area contributed by atoms with Gasteiger partial charge in [0.15, 0.2) is 0 Å². The molecule has 0 atom stereocenters. The Bertz CT molecular complexity index is 402. The number of nitrogens with zero attached hydrogens (tertiary/aromatic N) is 1. The summed E-state index contributed by atoms with van der Waals surface area (Å²) in [6.07, 6.45) is 6.82. The van der Waals surface area contributed by atoms with Crippen molar-refractivity contribution < 1.29 is 4.79 Å². The summed E-state index contributed by atoms with van der Waals surface area (Å²) in [6.45, 7) is 0.674. The molecule has 0 unspecified atom stereocenters. The Morgan fingerprint density at radius 3 is 2.83 bits per heavy atom. The van der Waals surface area contributed by atoms with Gasteiger partial charge in [-0.15, -0.1) is 0 Å². The minimum Gasteiger partial charge on any atom is -0.352 e. The Balaban J connectivity index is 2.30. The largest absolute Gasteiger partial charge is 0.352 e. The van der Waals surface area contributed by atoms with Crippen LogP contribution < -0.4 is 5.32 Å². The smallest absolute Gasteiger partial charge is 0.252 e. The van der Waals surface area contributed by atoms with Crippen LogP contribution in [0.1, 0.15) is 29.6 Å². The molecule has 18 heavy (non-hydrogen) atoms. The first-order chi connectivity index (χ1) is 8.65. The van der Waals surface area contributed by atoms with Crippen molar-refractivity contribution >= 4 is 40.9 Å². The molecule has 6 heteroatoms. The van der Waals surface area contributed by atoms with Gasteiger partial charge in [-0.3, -0.25) is 4.79 Å². The average molecular weight is 307 g/mol. The lowest BCUT2D eigenvalue weighted by molar-refractivity contribution is 0.0952. The highest BCUT2D eigenvalue weighted by Crippen LogP contribution is 2.19. The zero-order valence-corrected chi connectivity index (χ0v) is 12.5. The van der Waals surface area contributed by atoms with Crippen LogP contribution in [0.3, 0.4) is 0 Å². The lowest BCUT2D eigenvalue weighted by atomic mass is 10.2. The molecule has 0 fully saturated rings. The van der Waals surface area contributed by atoms with E-state index in [0.717, 1.165) is 12.8 Å². The highest BCUT2D eigenvalue weighted by Gasteiger charge is 2.08. The van der Waals surface area contributed by atoms with Crippen molar-refractivity contribution in [2.45, 2.75) is 19.3 Å². The minimum atomic E-state index is -0.161. The van der Waals surface area contributed by atoms with Gasteiger partial charge in [0, 0.05) is 12.7 Å². The van der Waals surface area contributed by atoms with E-state index in [1.807, 2.05) is 11.8 Å². The lowest BCUT2D eigenvalue weighted by Crippen LogP contribution is -2.24. The SMILES string of the molecule is CSCCCCCNC(=O)c1cnc(Cl)c(Cl)c1. The predicted molar refractivity (Wildman–Crippen MR) is 78.8 cm³/mol. The van der Waals surface area contributed by atoms with Crippen molar-refractivity contribution in [2.24, 2.45) is 0 Å². The Hall–Kier alpha value is -0.450. The molecule has 100 valence electrons. The second kappa shape index (κ2) is 8.62. The maximum Gasteiger partial charge on any atom is 0.252 e. The van der Waals surface area contributed by atoms with Crippen molar-refractivity contribution in [1.29, 1.82) is 0 Å². The number of hydrogen-bond acceptors (Lipinski definition) is 3. The summed E-state index contributed by atoms with van der Waals surface area (Å²) in [5, 5.41) is 3.34. The van der Waals surface area contributed by atoms with Gasteiger partial charge in [0.05, 0.1) is 10.6 Å². The molecule has 0 aliphatic heterocycles. The highest BCUT2D eigenvalue weighted by molar-refractivity contribution is 7.98.